The van der Waals surface area contributed by atoms with Gasteiger partial charge in [0, 0.05) is 24.2 Å². The van der Waals surface area contributed by atoms with E-state index in [1.807, 2.05) is 6.92 Å². The highest BCUT2D eigenvalue weighted by atomic mass is 32.2. The van der Waals surface area contributed by atoms with Gasteiger partial charge >= 0.3 is 5.97 Å². The van der Waals surface area contributed by atoms with Gasteiger partial charge in [0.2, 0.25) is 10.0 Å². The number of nitrogens with one attached hydrogen (secondary N) is 1. The highest BCUT2D eigenvalue weighted by molar-refractivity contribution is 7.89. The minimum absolute atomic E-state index is 0.101. The molecule has 1 saturated heterocycles. The van der Waals surface area contributed by atoms with Crippen molar-refractivity contribution in [3.8, 4) is 0 Å². The highest BCUT2D eigenvalue weighted by Crippen LogP contribution is 2.25. The summed E-state index contributed by atoms with van der Waals surface area (Å²) in [7, 11) is -3.62. The number of carbonyl (C=O) groups is 2. The van der Waals surface area contributed by atoms with Gasteiger partial charge in [0.25, 0.3) is 5.91 Å². The second kappa shape index (κ2) is 8.18. The Kier molecular flexibility index (Phi) is 6.41. The van der Waals surface area contributed by atoms with Crippen LogP contribution in [0.25, 0.3) is 0 Å². The van der Waals surface area contributed by atoms with Crippen molar-refractivity contribution >= 4 is 21.9 Å². The van der Waals surface area contributed by atoms with Gasteiger partial charge in [-0.05, 0) is 57.4 Å². The summed E-state index contributed by atoms with van der Waals surface area (Å²) in [6.45, 7) is 5.91. The molecule has 1 aromatic rings. The van der Waals surface area contributed by atoms with Gasteiger partial charge in [0.05, 0.1) is 10.8 Å². The molecule has 3 atom stereocenters. The summed E-state index contributed by atoms with van der Waals surface area (Å²) < 4.78 is 27.1. The van der Waals surface area contributed by atoms with Crippen LogP contribution >= 0.6 is 0 Å². The zero-order valence-electron chi connectivity index (χ0n) is 15.3. The summed E-state index contributed by atoms with van der Waals surface area (Å²) >= 11 is 0. The second-order valence-electron chi connectivity index (χ2n) is 6.78. The maximum atomic E-state index is 12.7. The van der Waals surface area contributed by atoms with Crippen LogP contribution in [-0.2, 0) is 14.8 Å². The summed E-state index contributed by atoms with van der Waals surface area (Å²) in [5, 5.41) is 9.29. The standard InChI is InChI=1S/C18H26N2O5S/c1-4-12(2)19-26(24,25)15-9-7-14(8-10-15)17(21)20-11-5-6-16(13(20)3)18(22)23/h7-10,12-13,16,19H,4-6,11H2,1-3H3,(H,22,23)/t12?,13-,16-/m0/s1. The number of nitrogens with zero attached hydrogens (tertiary/aromatic N) is 1. The Balaban J connectivity index is 2.17. The van der Waals surface area contributed by atoms with Crippen molar-refractivity contribution in [1.29, 1.82) is 0 Å². The fourth-order valence-electron chi connectivity index (χ4n) is 3.12. The molecule has 7 nitrogen and oxygen atoms in total. The lowest BCUT2D eigenvalue weighted by Gasteiger charge is -2.37. The number of amides is 1. The molecule has 1 aliphatic heterocycles. The zero-order chi connectivity index (χ0) is 19.5. The van der Waals surface area contributed by atoms with Crippen LogP contribution in [0.4, 0.5) is 0 Å². The van der Waals surface area contributed by atoms with E-state index >= 15 is 0 Å². The van der Waals surface area contributed by atoms with E-state index in [4.69, 9.17) is 0 Å². The Bertz CT molecular complexity index is 760. The van der Waals surface area contributed by atoms with Gasteiger partial charge in [-0.15, -0.1) is 0 Å². The Hall–Kier alpha value is -1.93. The van der Waals surface area contributed by atoms with Gasteiger partial charge in [0.15, 0.2) is 0 Å². The summed E-state index contributed by atoms with van der Waals surface area (Å²) in [4.78, 5) is 25.7. The molecule has 0 aliphatic carbocycles. The van der Waals surface area contributed by atoms with Crippen molar-refractivity contribution in [1.82, 2.24) is 9.62 Å². The molecule has 0 saturated carbocycles. The van der Waals surface area contributed by atoms with Crippen molar-refractivity contribution < 1.29 is 23.1 Å². The normalized spacial score (nSPS) is 22.0. The minimum Gasteiger partial charge on any atom is -0.481 e. The maximum Gasteiger partial charge on any atom is 0.308 e. The molecule has 1 heterocycles. The lowest BCUT2D eigenvalue weighted by molar-refractivity contribution is -0.144. The third kappa shape index (κ3) is 4.42. The highest BCUT2D eigenvalue weighted by Gasteiger charge is 2.35. The van der Waals surface area contributed by atoms with Crippen LogP contribution < -0.4 is 4.72 Å². The van der Waals surface area contributed by atoms with Gasteiger partial charge < -0.3 is 10.0 Å². The number of carboxylic acid groups (broad SMARTS) is 1. The smallest absolute Gasteiger partial charge is 0.308 e. The molecule has 0 aromatic heterocycles. The third-order valence-corrected chi connectivity index (χ3v) is 6.55. The average molecular weight is 382 g/mol. The molecule has 2 rings (SSSR count). The predicted octanol–water partition coefficient (Wildman–Crippen LogP) is 2.09. The molecule has 1 aromatic carbocycles. The lowest BCUT2D eigenvalue weighted by Crippen LogP contribution is -2.49. The van der Waals surface area contributed by atoms with Crippen molar-refractivity contribution in [3.05, 3.63) is 29.8 Å². The van der Waals surface area contributed by atoms with Crippen LogP contribution in [0.3, 0.4) is 0 Å². The number of hydrogen-bond acceptors (Lipinski definition) is 4. The molecular formula is C18H26N2O5S. The Morgan fingerprint density at radius 3 is 2.46 bits per heavy atom. The molecule has 0 radical (unpaired) electrons. The molecule has 0 spiro atoms. The quantitative estimate of drug-likeness (QED) is 0.784. The largest absolute Gasteiger partial charge is 0.481 e. The van der Waals surface area contributed by atoms with E-state index in [2.05, 4.69) is 4.72 Å². The van der Waals surface area contributed by atoms with Crippen molar-refractivity contribution in [2.75, 3.05) is 6.54 Å². The Labute approximate surface area is 154 Å². The van der Waals surface area contributed by atoms with Crippen LogP contribution in [-0.4, -0.2) is 48.9 Å². The number of carboxylic acids is 1. The summed E-state index contributed by atoms with van der Waals surface area (Å²) in [5.74, 6) is -1.75. The number of benzene rings is 1. The first-order valence-electron chi connectivity index (χ1n) is 8.83. The summed E-state index contributed by atoms with van der Waals surface area (Å²) in [6, 6.07) is 5.19. The number of carbonyl (C=O) groups excluding carboxylic acids is 1. The van der Waals surface area contributed by atoms with Crippen molar-refractivity contribution in [3.63, 3.8) is 0 Å². The minimum atomic E-state index is -3.62. The number of rotatable bonds is 6. The molecule has 26 heavy (non-hydrogen) atoms. The van der Waals surface area contributed by atoms with E-state index in [0.29, 0.717) is 31.4 Å². The Morgan fingerprint density at radius 1 is 1.31 bits per heavy atom. The maximum absolute atomic E-state index is 12.7. The first kappa shape index (κ1) is 20.4. The van der Waals surface area contributed by atoms with Gasteiger partial charge in [-0.1, -0.05) is 6.92 Å². The zero-order valence-corrected chi connectivity index (χ0v) is 16.1. The molecule has 1 unspecified atom stereocenters. The van der Waals surface area contributed by atoms with E-state index in [9.17, 15) is 23.1 Å². The lowest BCUT2D eigenvalue weighted by atomic mass is 9.90. The summed E-state index contributed by atoms with van der Waals surface area (Å²) in [5.41, 5.74) is 0.352. The van der Waals surface area contributed by atoms with Gasteiger partial charge in [-0.3, -0.25) is 9.59 Å². The number of sulfonamides is 1. The first-order valence-corrected chi connectivity index (χ1v) is 10.3. The molecule has 1 fully saturated rings. The van der Waals surface area contributed by atoms with Crippen molar-refractivity contribution in [2.45, 2.75) is 57.0 Å². The summed E-state index contributed by atoms with van der Waals surface area (Å²) in [6.07, 6.45) is 1.87. The fourth-order valence-corrected chi connectivity index (χ4v) is 4.45. The van der Waals surface area contributed by atoms with Crippen LogP contribution in [0.1, 0.15) is 50.4 Å². The van der Waals surface area contributed by atoms with E-state index < -0.39 is 28.0 Å². The van der Waals surface area contributed by atoms with Gasteiger partial charge in [-0.2, -0.15) is 0 Å². The molecule has 144 valence electrons. The average Bonchev–Trinajstić information content (AvgIpc) is 2.60. The number of piperidine rings is 1. The Morgan fingerprint density at radius 2 is 1.92 bits per heavy atom. The third-order valence-electron chi connectivity index (χ3n) is 4.95. The van der Waals surface area contributed by atoms with Crippen LogP contribution in [0, 0.1) is 5.92 Å². The van der Waals surface area contributed by atoms with E-state index in [-0.39, 0.29) is 16.8 Å². The predicted molar refractivity (Wildman–Crippen MR) is 97.4 cm³/mol. The molecule has 1 aliphatic rings. The number of aliphatic carboxylic acids is 1. The molecule has 0 bridgehead atoms. The molecule has 2 N–H and O–H groups in total. The molecule has 8 heteroatoms. The van der Waals surface area contributed by atoms with E-state index in [0.717, 1.165) is 0 Å². The number of hydrogen-bond donors (Lipinski definition) is 2. The SMILES string of the molecule is CCC(C)NS(=O)(=O)c1ccc(C(=O)N2CCC[C@H](C(=O)O)[C@@H]2C)cc1. The van der Waals surface area contributed by atoms with Crippen LogP contribution in [0.5, 0.6) is 0 Å². The van der Waals surface area contributed by atoms with Crippen LogP contribution in [0.15, 0.2) is 29.2 Å². The first-order chi connectivity index (χ1) is 12.2. The van der Waals surface area contributed by atoms with E-state index in [1.165, 1.54) is 24.3 Å². The van der Waals surface area contributed by atoms with Crippen LogP contribution in [0.2, 0.25) is 0 Å². The topological polar surface area (TPSA) is 104 Å². The van der Waals surface area contributed by atoms with Gasteiger partial charge in [0.1, 0.15) is 0 Å². The van der Waals surface area contributed by atoms with Gasteiger partial charge in [-0.25, -0.2) is 13.1 Å². The monoisotopic (exact) mass is 382 g/mol. The van der Waals surface area contributed by atoms with Crippen molar-refractivity contribution in [2.24, 2.45) is 5.92 Å². The van der Waals surface area contributed by atoms with E-state index in [1.54, 1.807) is 18.7 Å². The second-order valence-corrected chi connectivity index (χ2v) is 8.50. The molecular weight excluding hydrogens is 356 g/mol. The fraction of sp³-hybridized carbons (Fsp3) is 0.556. The molecule has 1 amide bonds. The number of likely N-dealkylation sites (tertiary alicyclic amines) is 1.